The summed E-state index contributed by atoms with van der Waals surface area (Å²) in [6.07, 6.45) is 2.09. The lowest BCUT2D eigenvalue weighted by atomic mass is 10.4. The zero-order chi connectivity index (χ0) is 15.5. The molecule has 0 aromatic carbocycles. The van der Waals surface area contributed by atoms with E-state index in [4.69, 9.17) is 10.5 Å². The zero-order valence-corrected chi connectivity index (χ0v) is 12.7. The molecule has 10 heteroatoms. The van der Waals surface area contributed by atoms with Crippen LogP contribution >= 0.6 is 7.60 Å². The molecular formula is C11H17N5O4P-. The first-order valence-electron chi connectivity index (χ1n) is 6.40. The fourth-order valence-electron chi connectivity index (χ4n) is 1.81. The third-order valence-corrected chi connectivity index (χ3v) is 3.84. The van der Waals surface area contributed by atoms with Crippen LogP contribution in [0, 0.1) is 0 Å². The van der Waals surface area contributed by atoms with Gasteiger partial charge in [-0.2, -0.15) is 0 Å². The van der Waals surface area contributed by atoms with Crippen LogP contribution in [0.25, 0.3) is 11.2 Å². The number of ether oxygens (including phenoxy) is 1. The highest BCUT2D eigenvalue weighted by Gasteiger charge is 2.14. The first kappa shape index (κ1) is 15.8. The summed E-state index contributed by atoms with van der Waals surface area (Å²) >= 11 is 0. The molecule has 0 amide bonds. The molecule has 2 heterocycles. The van der Waals surface area contributed by atoms with E-state index in [9.17, 15) is 9.46 Å². The molecule has 0 aliphatic heterocycles. The van der Waals surface area contributed by atoms with Gasteiger partial charge in [-0.3, -0.25) is 0 Å². The maximum Gasteiger partial charge on any atom is 0.165 e. The molecule has 116 valence electrons. The Morgan fingerprint density at radius 3 is 2.95 bits per heavy atom. The second-order valence-electron chi connectivity index (χ2n) is 4.46. The van der Waals surface area contributed by atoms with Crippen LogP contribution in [0.4, 0.5) is 5.82 Å². The molecule has 2 N–H and O–H groups in total. The van der Waals surface area contributed by atoms with Crippen LogP contribution in [0.5, 0.6) is 0 Å². The van der Waals surface area contributed by atoms with Crippen molar-refractivity contribution >= 4 is 24.6 Å². The van der Waals surface area contributed by atoms with Gasteiger partial charge in [-0.1, -0.05) is 0 Å². The van der Waals surface area contributed by atoms with E-state index in [1.165, 1.54) is 6.33 Å². The summed E-state index contributed by atoms with van der Waals surface area (Å²) in [7, 11) is -3.94. The molecule has 0 bridgehead atoms. The quantitative estimate of drug-likeness (QED) is 0.725. The molecule has 0 aliphatic rings. The number of hydrogen-bond donors (Lipinski definition) is 1. The summed E-state index contributed by atoms with van der Waals surface area (Å²) in [5, 5.41) is 0. The predicted octanol–water partition coefficient (Wildman–Crippen LogP) is 0.361. The van der Waals surface area contributed by atoms with E-state index >= 15 is 0 Å². The SMILES string of the molecule is CCOP(=O)([O-])CO[C@@H](C)Cn1cnc2c(N)ncnc21. The normalized spacial score (nSPS) is 16.0. The van der Waals surface area contributed by atoms with Crippen molar-refractivity contribution in [2.75, 3.05) is 18.7 Å². The predicted molar refractivity (Wildman–Crippen MR) is 74.4 cm³/mol. The van der Waals surface area contributed by atoms with E-state index in [2.05, 4.69) is 19.5 Å². The van der Waals surface area contributed by atoms with Gasteiger partial charge in [0.15, 0.2) is 19.1 Å². The van der Waals surface area contributed by atoms with Crippen molar-refractivity contribution in [1.29, 1.82) is 0 Å². The number of anilines is 1. The third kappa shape index (κ3) is 3.98. The Morgan fingerprint density at radius 1 is 1.48 bits per heavy atom. The Morgan fingerprint density at radius 2 is 2.24 bits per heavy atom. The van der Waals surface area contributed by atoms with Crippen molar-refractivity contribution in [1.82, 2.24) is 19.5 Å². The Labute approximate surface area is 121 Å². The van der Waals surface area contributed by atoms with E-state index in [1.54, 1.807) is 24.7 Å². The van der Waals surface area contributed by atoms with Crippen molar-refractivity contribution in [3.05, 3.63) is 12.7 Å². The van der Waals surface area contributed by atoms with E-state index < -0.39 is 13.9 Å². The fraction of sp³-hybridized carbons (Fsp3) is 0.545. The number of nitrogen functional groups attached to an aromatic ring is 1. The minimum Gasteiger partial charge on any atom is -0.777 e. The minimum absolute atomic E-state index is 0.0981. The average molecular weight is 314 g/mol. The highest BCUT2D eigenvalue weighted by atomic mass is 31.2. The number of aromatic nitrogens is 4. The molecule has 21 heavy (non-hydrogen) atoms. The van der Waals surface area contributed by atoms with Gasteiger partial charge in [0.05, 0.1) is 25.6 Å². The molecule has 0 aliphatic carbocycles. The van der Waals surface area contributed by atoms with Crippen LogP contribution in [0.1, 0.15) is 13.8 Å². The molecule has 1 unspecified atom stereocenters. The van der Waals surface area contributed by atoms with Crippen molar-refractivity contribution < 1.29 is 18.7 Å². The first-order chi connectivity index (χ1) is 9.93. The molecular weight excluding hydrogens is 297 g/mol. The maximum absolute atomic E-state index is 11.4. The summed E-state index contributed by atoms with van der Waals surface area (Å²) in [6.45, 7) is 3.85. The summed E-state index contributed by atoms with van der Waals surface area (Å²) in [5.41, 5.74) is 6.78. The second kappa shape index (κ2) is 6.48. The number of hydrogen-bond acceptors (Lipinski definition) is 8. The van der Waals surface area contributed by atoms with Crippen LogP contribution in [0.15, 0.2) is 12.7 Å². The fourth-order valence-corrected chi connectivity index (χ4v) is 2.72. The topological polar surface area (TPSA) is 128 Å². The smallest absolute Gasteiger partial charge is 0.165 e. The molecule has 2 aromatic heterocycles. The van der Waals surface area contributed by atoms with E-state index in [1.807, 2.05) is 0 Å². The lowest BCUT2D eigenvalue weighted by Crippen LogP contribution is -2.20. The monoisotopic (exact) mass is 314 g/mol. The number of fused-ring (bicyclic) bond motifs is 1. The summed E-state index contributed by atoms with van der Waals surface area (Å²) in [4.78, 5) is 23.5. The van der Waals surface area contributed by atoms with Crippen LogP contribution in [0.2, 0.25) is 0 Å². The second-order valence-corrected chi connectivity index (χ2v) is 6.20. The van der Waals surface area contributed by atoms with Gasteiger partial charge >= 0.3 is 0 Å². The van der Waals surface area contributed by atoms with Crippen molar-refractivity contribution in [3.8, 4) is 0 Å². The van der Waals surface area contributed by atoms with Crippen molar-refractivity contribution in [2.45, 2.75) is 26.5 Å². The van der Waals surface area contributed by atoms with Gasteiger partial charge in [0.25, 0.3) is 0 Å². The van der Waals surface area contributed by atoms with Gasteiger partial charge in [0.1, 0.15) is 18.2 Å². The molecule has 2 rings (SSSR count). The van der Waals surface area contributed by atoms with E-state index in [-0.39, 0.29) is 12.7 Å². The summed E-state index contributed by atoms with van der Waals surface area (Å²) in [6, 6.07) is 0. The zero-order valence-electron chi connectivity index (χ0n) is 11.8. The van der Waals surface area contributed by atoms with Crippen LogP contribution in [0.3, 0.4) is 0 Å². The van der Waals surface area contributed by atoms with E-state index in [0.29, 0.717) is 23.5 Å². The van der Waals surface area contributed by atoms with Gasteiger partial charge in [-0.05, 0) is 13.8 Å². The molecule has 0 fully saturated rings. The Bertz CT molecular complexity index is 661. The summed E-state index contributed by atoms with van der Waals surface area (Å²) < 4.78 is 23.1. The Balaban J connectivity index is 2.00. The lowest BCUT2D eigenvalue weighted by molar-refractivity contribution is -0.204. The molecule has 0 radical (unpaired) electrons. The van der Waals surface area contributed by atoms with Gasteiger partial charge in [-0.15, -0.1) is 0 Å². The number of nitrogens with zero attached hydrogens (tertiary/aromatic N) is 4. The third-order valence-electron chi connectivity index (χ3n) is 2.73. The van der Waals surface area contributed by atoms with Crippen molar-refractivity contribution in [3.63, 3.8) is 0 Å². The minimum atomic E-state index is -3.94. The highest BCUT2D eigenvalue weighted by molar-refractivity contribution is 7.51. The number of rotatable bonds is 7. The van der Waals surface area contributed by atoms with Gasteiger partial charge in [0.2, 0.25) is 0 Å². The first-order valence-corrected chi connectivity index (χ1v) is 8.13. The Kier molecular flexibility index (Phi) is 4.89. The van der Waals surface area contributed by atoms with Gasteiger partial charge < -0.3 is 29.0 Å². The number of nitrogens with two attached hydrogens (primary N) is 1. The van der Waals surface area contributed by atoms with Crippen molar-refractivity contribution in [2.24, 2.45) is 0 Å². The molecule has 9 nitrogen and oxygen atoms in total. The largest absolute Gasteiger partial charge is 0.777 e. The molecule has 2 aromatic rings. The van der Waals surface area contributed by atoms with Gasteiger partial charge in [-0.25, -0.2) is 15.0 Å². The molecule has 0 saturated heterocycles. The maximum atomic E-state index is 11.4. The standard InChI is InChI=1S/C11H18N5O4P/c1-3-20-21(17,18)7-19-8(2)4-16-6-15-9-10(12)13-5-14-11(9)16/h5-6,8H,3-4,7H2,1-2H3,(H,17,18)(H2,12,13,14)/p-1/t8-/m0/s1. The molecule has 0 spiro atoms. The molecule has 2 atom stereocenters. The number of imidazole rings is 1. The average Bonchev–Trinajstić information content (AvgIpc) is 2.81. The lowest BCUT2D eigenvalue weighted by Gasteiger charge is -2.24. The van der Waals surface area contributed by atoms with Gasteiger partial charge in [0, 0.05) is 0 Å². The van der Waals surface area contributed by atoms with Crippen LogP contribution in [-0.4, -0.2) is 38.6 Å². The van der Waals surface area contributed by atoms with Crippen LogP contribution in [-0.2, 0) is 20.4 Å². The highest BCUT2D eigenvalue weighted by Crippen LogP contribution is 2.36. The summed E-state index contributed by atoms with van der Waals surface area (Å²) in [5.74, 6) is 0.299. The van der Waals surface area contributed by atoms with E-state index in [0.717, 1.165) is 0 Å². The molecule has 0 saturated carbocycles. The van der Waals surface area contributed by atoms with Crippen LogP contribution < -0.4 is 10.6 Å². The Hall–Kier alpha value is -1.54.